The van der Waals surface area contributed by atoms with Gasteiger partial charge in [0.25, 0.3) is 0 Å². The minimum absolute atomic E-state index is 0.0177. The highest BCUT2D eigenvalue weighted by molar-refractivity contribution is 7.47. The molecule has 9 nitrogen and oxygen atoms in total. The number of allylic oxidation sites excluding steroid dienone is 28. The van der Waals surface area contributed by atoms with Crippen LogP contribution in [0.1, 0.15) is 335 Å². The van der Waals surface area contributed by atoms with Gasteiger partial charge >= 0.3 is 19.8 Å². The smallest absolute Gasteiger partial charge is 0.462 e. The van der Waals surface area contributed by atoms with Crippen LogP contribution in [0.25, 0.3) is 0 Å². The van der Waals surface area contributed by atoms with Crippen molar-refractivity contribution in [3.63, 3.8) is 0 Å². The van der Waals surface area contributed by atoms with Gasteiger partial charge in [-0.1, -0.05) is 357 Å². The molecule has 0 bridgehead atoms. The molecule has 570 valence electrons. The third kappa shape index (κ3) is 82.3. The SMILES string of the molecule is CC/C=C\C/C=C\C/C=C\C/C=C\C/C=C\C/C=C\C/C=C\C/C=C\C/C=C\C/C=C\C/C=C\CCCCCC(=O)OC(COC(=O)CCCCCCCCCCCCCCCCCCCCCCCCCC/C=C\C/C=C\C/C=C\CCCCCCC)COP(=O)(O)OCC[N+](C)(C)C. The van der Waals surface area contributed by atoms with Gasteiger partial charge in [0.1, 0.15) is 19.8 Å². The van der Waals surface area contributed by atoms with E-state index in [0.29, 0.717) is 17.4 Å². The van der Waals surface area contributed by atoms with Crippen LogP contribution in [0.5, 0.6) is 0 Å². The molecule has 0 saturated heterocycles. The Morgan fingerprint density at radius 3 is 0.860 bits per heavy atom. The molecule has 0 spiro atoms. The van der Waals surface area contributed by atoms with Gasteiger partial charge in [0.15, 0.2) is 6.10 Å². The molecule has 0 aromatic rings. The number of carbonyl (C=O) groups excluding carboxylic acids is 2. The van der Waals surface area contributed by atoms with Crippen LogP contribution in [0.15, 0.2) is 170 Å². The van der Waals surface area contributed by atoms with Gasteiger partial charge in [0.2, 0.25) is 0 Å². The number of phosphoric ester groups is 1. The van der Waals surface area contributed by atoms with Crippen LogP contribution in [0, 0.1) is 0 Å². The molecule has 0 aromatic heterocycles. The average Bonchev–Trinajstić information content (AvgIpc) is 1.02. The monoisotopic (exact) mass is 1410 g/mol. The number of nitrogens with zero attached hydrogens (tertiary/aromatic N) is 1. The molecule has 10 heteroatoms. The van der Waals surface area contributed by atoms with Crippen molar-refractivity contribution in [2.75, 3.05) is 47.5 Å². The second-order valence-corrected chi connectivity index (χ2v) is 29.5. The lowest BCUT2D eigenvalue weighted by Crippen LogP contribution is -2.37. The van der Waals surface area contributed by atoms with Crippen molar-refractivity contribution in [2.45, 2.75) is 341 Å². The topological polar surface area (TPSA) is 108 Å². The lowest BCUT2D eigenvalue weighted by Gasteiger charge is -2.24. The molecule has 0 aromatic carbocycles. The number of hydrogen-bond acceptors (Lipinski definition) is 7. The summed E-state index contributed by atoms with van der Waals surface area (Å²) in [5, 5.41) is 0. The lowest BCUT2D eigenvalue weighted by molar-refractivity contribution is -0.870. The Morgan fingerprint density at radius 2 is 0.570 bits per heavy atom. The Hall–Kier alpha value is -4.63. The van der Waals surface area contributed by atoms with Crippen LogP contribution in [0.4, 0.5) is 0 Å². The van der Waals surface area contributed by atoms with E-state index in [-0.39, 0.29) is 32.0 Å². The molecule has 0 heterocycles. The Labute approximate surface area is 617 Å². The van der Waals surface area contributed by atoms with Crippen molar-refractivity contribution < 1.29 is 42.1 Å². The Balaban J connectivity index is 4.06. The van der Waals surface area contributed by atoms with Gasteiger partial charge in [-0.05, 0) is 135 Å². The number of esters is 2. The minimum Gasteiger partial charge on any atom is -0.462 e. The average molecular weight is 1410 g/mol. The van der Waals surface area contributed by atoms with E-state index in [2.05, 4.69) is 184 Å². The van der Waals surface area contributed by atoms with Crippen LogP contribution >= 0.6 is 7.82 Å². The Kier molecular flexibility index (Phi) is 74.9. The number of likely N-dealkylation sites (N-methyl/N-ethyl adjacent to an activating group) is 1. The molecule has 2 unspecified atom stereocenters. The molecule has 0 radical (unpaired) electrons. The van der Waals surface area contributed by atoms with E-state index < -0.39 is 26.5 Å². The van der Waals surface area contributed by atoms with Crippen LogP contribution in [-0.4, -0.2) is 74.9 Å². The minimum atomic E-state index is -4.42. The molecule has 0 aliphatic rings. The quantitative estimate of drug-likeness (QED) is 0.0211. The molecular weight excluding hydrogens is 1250 g/mol. The van der Waals surface area contributed by atoms with Crippen molar-refractivity contribution in [3.8, 4) is 0 Å². The largest absolute Gasteiger partial charge is 0.472 e. The van der Waals surface area contributed by atoms with Gasteiger partial charge in [-0.3, -0.25) is 18.6 Å². The van der Waals surface area contributed by atoms with E-state index in [1.165, 1.54) is 180 Å². The number of hydrogen-bond donors (Lipinski definition) is 1. The molecular formula is C90H153NO8P+. The maximum Gasteiger partial charge on any atom is 0.472 e. The third-order valence-corrected chi connectivity index (χ3v) is 18.2. The summed E-state index contributed by atoms with van der Waals surface area (Å²) in [6.45, 7) is 4.28. The first-order chi connectivity index (χ1) is 49.0. The highest BCUT2D eigenvalue weighted by Gasteiger charge is 2.27. The van der Waals surface area contributed by atoms with E-state index in [1.807, 2.05) is 21.1 Å². The third-order valence-electron chi connectivity index (χ3n) is 17.2. The molecule has 1 N–H and O–H groups in total. The highest BCUT2D eigenvalue weighted by Crippen LogP contribution is 2.43. The molecule has 0 fully saturated rings. The first-order valence-electron chi connectivity index (χ1n) is 40.9. The van der Waals surface area contributed by atoms with E-state index in [9.17, 15) is 19.0 Å². The lowest BCUT2D eigenvalue weighted by atomic mass is 10.0. The number of unbranched alkanes of at least 4 members (excludes halogenated alkanes) is 32. The molecule has 0 aliphatic carbocycles. The van der Waals surface area contributed by atoms with Gasteiger partial charge in [0.05, 0.1) is 27.7 Å². The first-order valence-corrected chi connectivity index (χ1v) is 42.4. The maximum absolute atomic E-state index is 12.9. The summed E-state index contributed by atoms with van der Waals surface area (Å²) in [6.07, 6.45) is 119. The van der Waals surface area contributed by atoms with Crippen LogP contribution in [-0.2, 0) is 32.7 Å². The fourth-order valence-corrected chi connectivity index (χ4v) is 11.8. The number of phosphoric acid groups is 1. The predicted molar refractivity (Wildman–Crippen MR) is 436 cm³/mol. The summed E-state index contributed by atoms with van der Waals surface area (Å²) in [5.41, 5.74) is 0. The normalized spacial score (nSPS) is 13.9. The summed E-state index contributed by atoms with van der Waals surface area (Å²) in [5.74, 6) is -0.836. The number of quaternary nitrogens is 1. The summed E-state index contributed by atoms with van der Waals surface area (Å²) >= 11 is 0. The highest BCUT2D eigenvalue weighted by atomic mass is 31.2. The van der Waals surface area contributed by atoms with E-state index in [4.69, 9.17) is 18.5 Å². The fourth-order valence-electron chi connectivity index (χ4n) is 11.0. The van der Waals surface area contributed by atoms with Gasteiger partial charge in [0, 0.05) is 12.8 Å². The van der Waals surface area contributed by atoms with E-state index in [0.717, 1.165) is 122 Å². The molecule has 0 amide bonds. The van der Waals surface area contributed by atoms with Crippen molar-refractivity contribution >= 4 is 19.8 Å². The number of carbonyl (C=O) groups is 2. The summed E-state index contributed by atoms with van der Waals surface area (Å²) in [7, 11) is 1.44. The van der Waals surface area contributed by atoms with Gasteiger partial charge in [-0.15, -0.1) is 0 Å². The van der Waals surface area contributed by atoms with Gasteiger partial charge < -0.3 is 18.9 Å². The van der Waals surface area contributed by atoms with E-state index >= 15 is 0 Å². The second-order valence-electron chi connectivity index (χ2n) is 28.1. The molecule has 0 aliphatic heterocycles. The summed E-state index contributed by atoms with van der Waals surface area (Å²) < 4.78 is 34.8. The molecule has 0 saturated carbocycles. The van der Waals surface area contributed by atoms with Crippen molar-refractivity contribution in [1.29, 1.82) is 0 Å². The van der Waals surface area contributed by atoms with Crippen molar-refractivity contribution in [1.82, 2.24) is 0 Å². The summed E-state index contributed by atoms with van der Waals surface area (Å²) in [6, 6.07) is 0. The predicted octanol–water partition coefficient (Wildman–Crippen LogP) is 27.6. The first kappa shape index (κ1) is 95.4. The zero-order valence-corrected chi connectivity index (χ0v) is 66.0. The van der Waals surface area contributed by atoms with Crippen LogP contribution < -0.4 is 0 Å². The van der Waals surface area contributed by atoms with Crippen molar-refractivity contribution in [3.05, 3.63) is 170 Å². The van der Waals surface area contributed by atoms with E-state index in [1.54, 1.807) is 0 Å². The van der Waals surface area contributed by atoms with Crippen molar-refractivity contribution in [2.24, 2.45) is 0 Å². The Morgan fingerprint density at radius 1 is 0.320 bits per heavy atom. The molecule has 0 rings (SSSR count). The van der Waals surface area contributed by atoms with Crippen LogP contribution in [0.2, 0.25) is 0 Å². The number of ether oxygens (including phenoxy) is 2. The molecule has 100 heavy (non-hydrogen) atoms. The fraction of sp³-hybridized carbons (Fsp3) is 0.667. The Bertz CT molecular complexity index is 2300. The van der Waals surface area contributed by atoms with Gasteiger partial charge in [-0.2, -0.15) is 0 Å². The van der Waals surface area contributed by atoms with Crippen LogP contribution in [0.3, 0.4) is 0 Å². The molecule has 2 atom stereocenters. The zero-order valence-electron chi connectivity index (χ0n) is 65.1. The maximum atomic E-state index is 12.9. The summed E-state index contributed by atoms with van der Waals surface area (Å²) in [4.78, 5) is 36.0. The van der Waals surface area contributed by atoms with Gasteiger partial charge in [-0.25, -0.2) is 4.57 Å². The second kappa shape index (κ2) is 78.5. The zero-order chi connectivity index (χ0) is 72.5. The standard InChI is InChI=1S/C90H152NO8P/c1-6-8-10-12-14-16-18-20-22-24-26-28-30-32-34-36-38-40-42-44-45-47-48-50-52-54-56-58-60-62-64-66-68-70-72-74-76-78-80-82-89(92)96-86-88(87-98-100(94,95)97-85-84-91(3,4)5)99-90(93)83-81-79-77-75-73-71-69-67-65-63-61-59-57-55-53-51-49-46-43-41-39-37-35-33-31-29-27-25-23-21-19-17-15-13-11-9-7-2/h9,11,15,17-18,20-21,23-24,26-27,29-30,32-33,35,39,41,46,49,53,55,59,61,65,67,71,73,88H,6-8,10,12-14,16,19,22,25,28,31,34,36-38,40,42-45,47-48,50-52,54,56-58,60,62-64,66,68-70,72,74-87H2,1-5H3/p+1/b11-9-,17-15-,20-18-,23-21-,26-24-,29-27-,32-30-,35-33-,41-39-,49-46-,55-53-,61-59-,67-65-,73-71-. The number of rotatable bonds is 74.